The molecule has 1 aromatic heterocycles. The van der Waals surface area contributed by atoms with Crippen LogP contribution in [0.15, 0.2) is 24.5 Å². The van der Waals surface area contributed by atoms with Crippen molar-refractivity contribution in [2.45, 2.75) is 44.6 Å². The number of nitrogens with zero attached hydrogens (tertiary/aromatic N) is 1. The Morgan fingerprint density at radius 3 is 3.07 bits per heavy atom. The molecule has 0 amide bonds. The summed E-state index contributed by atoms with van der Waals surface area (Å²) in [6.45, 7) is 2.16. The van der Waals surface area contributed by atoms with Crippen LogP contribution in [0, 0.1) is 5.92 Å². The molecule has 1 aliphatic carbocycles. The summed E-state index contributed by atoms with van der Waals surface area (Å²) in [4.78, 5) is 4.10. The maximum Gasteiger partial charge on any atom is 0.0713 e. The fourth-order valence-corrected chi connectivity index (χ4v) is 2.52. The topological polar surface area (TPSA) is 33.1 Å². The van der Waals surface area contributed by atoms with Gasteiger partial charge in [-0.2, -0.15) is 0 Å². The molecule has 2 atom stereocenters. The number of hydrogen-bond donors (Lipinski definition) is 1. The Bertz CT molecular complexity index is 312. The second-order valence-electron chi connectivity index (χ2n) is 4.79. The molecular formula is C13H19NO. The molecule has 1 fully saturated rings. The van der Waals surface area contributed by atoms with Gasteiger partial charge in [0, 0.05) is 18.8 Å². The zero-order valence-corrected chi connectivity index (χ0v) is 9.32. The lowest BCUT2D eigenvalue weighted by Crippen LogP contribution is -2.41. The van der Waals surface area contributed by atoms with E-state index in [1.54, 1.807) is 6.20 Å². The zero-order valence-electron chi connectivity index (χ0n) is 9.32. The van der Waals surface area contributed by atoms with Crippen molar-refractivity contribution in [3.8, 4) is 0 Å². The van der Waals surface area contributed by atoms with Crippen LogP contribution < -0.4 is 0 Å². The van der Waals surface area contributed by atoms with Gasteiger partial charge in [-0.25, -0.2) is 0 Å². The molecule has 1 heterocycles. The molecule has 15 heavy (non-hydrogen) atoms. The summed E-state index contributed by atoms with van der Waals surface area (Å²) in [7, 11) is 0. The first-order valence-electron chi connectivity index (χ1n) is 5.82. The van der Waals surface area contributed by atoms with Gasteiger partial charge in [0.2, 0.25) is 0 Å². The fourth-order valence-electron chi connectivity index (χ4n) is 2.52. The van der Waals surface area contributed by atoms with Gasteiger partial charge in [0.05, 0.1) is 5.60 Å². The molecule has 2 unspecified atom stereocenters. The minimum atomic E-state index is -0.499. The first kappa shape index (κ1) is 10.6. The molecule has 2 rings (SSSR count). The third-order valence-corrected chi connectivity index (χ3v) is 3.65. The van der Waals surface area contributed by atoms with Gasteiger partial charge in [0.15, 0.2) is 0 Å². The quantitative estimate of drug-likeness (QED) is 0.805. The Morgan fingerprint density at radius 2 is 2.40 bits per heavy atom. The smallest absolute Gasteiger partial charge is 0.0713 e. The summed E-state index contributed by atoms with van der Waals surface area (Å²) in [5.41, 5.74) is 0.648. The number of hydrogen-bond acceptors (Lipinski definition) is 2. The van der Waals surface area contributed by atoms with Crippen LogP contribution in [0.25, 0.3) is 0 Å². The first-order chi connectivity index (χ1) is 7.21. The van der Waals surface area contributed by atoms with Crippen molar-refractivity contribution in [1.82, 2.24) is 4.98 Å². The monoisotopic (exact) mass is 205 g/mol. The minimum Gasteiger partial charge on any atom is -0.389 e. The highest BCUT2D eigenvalue weighted by molar-refractivity contribution is 5.12. The number of aromatic nitrogens is 1. The van der Waals surface area contributed by atoms with Crippen LogP contribution >= 0.6 is 0 Å². The van der Waals surface area contributed by atoms with Crippen molar-refractivity contribution in [3.63, 3.8) is 0 Å². The summed E-state index contributed by atoms with van der Waals surface area (Å²) in [6, 6.07) is 3.98. The maximum atomic E-state index is 10.6. The van der Waals surface area contributed by atoms with Crippen LogP contribution in [0.1, 0.15) is 38.2 Å². The lowest BCUT2D eigenvalue weighted by Gasteiger charge is -2.38. The predicted octanol–water partition coefficient (Wildman–Crippen LogP) is 2.57. The molecule has 1 aliphatic rings. The van der Waals surface area contributed by atoms with Gasteiger partial charge in [-0.05, 0) is 30.4 Å². The molecule has 1 aromatic rings. The highest BCUT2D eigenvalue weighted by Gasteiger charge is 2.35. The molecule has 1 saturated carbocycles. The van der Waals surface area contributed by atoms with E-state index < -0.39 is 5.60 Å². The molecular weight excluding hydrogens is 186 g/mol. The molecule has 0 spiro atoms. The van der Waals surface area contributed by atoms with E-state index >= 15 is 0 Å². The molecule has 2 heteroatoms. The number of rotatable bonds is 2. The standard InChI is InChI=1S/C13H19NO/c1-11-5-2-3-7-13(11,15)9-12-6-4-8-14-10-12/h4,6,8,10-11,15H,2-3,5,7,9H2,1H3. The second kappa shape index (κ2) is 4.31. The lowest BCUT2D eigenvalue weighted by atomic mass is 9.73. The molecule has 2 nitrogen and oxygen atoms in total. The summed E-state index contributed by atoms with van der Waals surface area (Å²) in [5, 5.41) is 10.6. The van der Waals surface area contributed by atoms with Gasteiger partial charge in [0.25, 0.3) is 0 Å². The second-order valence-corrected chi connectivity index (χ2v) is 4.79. The largest absolute Gasteiger partial charge is 0.389 e. The van der Waals surface area contributed by atoms with Crippen molar-refractivity contribution < 1.29 is 5.11 Å². The summed E-state index contributed by atoms with van der Waals surface area (Å²) in [5.74, 6) is 0.409. The third-order valence-electron chi connectivity index (χ3n) is 3.65. The Morgan fingerprint density at radius 1 is 1.53 bits per heavy atom. The van der Waals surface area contributed by atoms with E-state index in [9.17, 15) is 5.11 Å². The van der Waals surface area contributed by atoms with Crippen LogP contribution in [0.2, 0.25) is 0 Å². The average Bonchev–Trinajstić information content (AvgIpc) is 2.24. The highest BCUT2D eigenvalue weighted by atomic mass is 16.3. The molecule has 0 aromatic carbocycles. The van der Waals surface area contributed by atoms with Crippen molar-refractivity contribution >= 4 is 0 Å². The Labute approximate surface area is 91.4 Å². The summed E-state index contributed by atoms with van der Waals surface area (Å²) < 4.78 is 0. The van der Waals surface area contributed by atoms with Crippen LogP contribution in [-0.4, -0.2) is 15.7 Å². The van der Waals surface area contributed by atoms with Crippen LogP contribution in [0.4, 0.5) is 0 Å². The SMILES string of the molecule is CC1CCCCC1(O)Cc1cccnc1. The van der Waals surface area contributed by atoms with Crippen LogP contribution in [-0.2, 0) is 6.42 Å². The highest BCUT2D eigenvalue weighted by Crippen LogP contribution is 2.35. The lowest BCUT2D eigenvalue weighted by molar-refractivity contribution is -0.0405. The minimum absolute atomic E-state index is 0.409. The zero-order chi connectivity index (χ0) is 10.7. The Hall–Kier alpha value is -0.890. The van der Waals surface area contributed by atoms with E-state index in [4.69, 9.17) is 0 Å². The molecule has 82 valence electrons. The van der Waals surface area contributed by atoms with Crippen molar-refractivity contribution in [2.75, 3.05) is 0 Å². The van der Waals surface area contributed by atoms with E-state index in [-0.39, 0.29) is 0 Å². The Kier molecular flexibility index (Phi) is 3.06. The van der Waals surface area contributed by atoms with Crippen molar-refractivity contribution in [3.05, 3.63) is 30.1 Å². The average molecular weight is 205 g/mol. The van der Waals surface area contributed by atoms with Gasteiger partial charge in [0.1, 0.15) is 0 Å². The van der Waals surface area contributed by atoms with Gasteiger partial charge in [-0.1, -0.05) is 25.8 Å². The predicted molar refractivity (Wildman–Crippen MR) is 60.5 cm³/mol. The fraction of sp³-hybridized carbons (Fsp3) is 0.615. The van der Waals surface area contributed by atoms with E-state index in [1.165, 1.54) is 6.42 Å². The Balaban J connectivity index is 2.09. The van der Waals surface area contributed by atoms with E-state index in [2.05, 4.69) is 11.9 Å². The van der Waals surface area contributed by atoms with Gasteiger partial charge in [-0.15, -0.1) is 0 Å². The summed E-state index contributed by atoms with van der Waals surface area (Å²) in [6.07, 6.45) is 8.89. The molecule has 1 N–H and O–H groups in total. The molecule has 0 aliphatic heterocycles. The maximum absolute atomic E-state index is 10.6. The van der Waals surface area contributed by atoms with Gasteiger partial charge < -0.3 is 5.11 Å². The van der Waals surface area contributed by atoms with E-state index in [0.29, 0.717) is 5.92 Å². The van der Waals surface area contributed by atoms with Gasteiger partial charge >= 0.3 is 0 Å². The molecule has 0 saturated heterocycles. The number of aliphatic hydroxyl groups is 1. The van der Waals surface area contributed by atoms with Crippen LogP contribution in [0.5, 0.6) is 0 Å². The third kappa shape index (κ3) is 2.37. The van der Waals surface area contributed by atoms with E-state index in [0.717, 1.165) is 31.2 Å². The van der Waals surface area contributed by atoms with Crippen LogP contribution in [0.3, 0.4) is 0 Å². The molecule has 0 radical (unpaired) electrons. The number of pyridine rings is 1. The molecule has 0 bridgehead atoms. The normalized spacial score (nSPS) is 31.5. The van der Waals surface area contributed by atoms with Gasteiger partial charge in [-0.3, -0.25) is 4.98 Å². The van der Waals surface area contributed by atoms with E-state index in [1.807, 2.05) is 18.3 Å². The first-order valence-corrected chi connectivity index (χ1v) is 5.82. The van der Waals surface area contributed by atoms with Crippen molar-refractivity contribution in [2.24, 2.45) is 5.92 Å². The summed E-state index contributed by atoms with van der Waals surface area (Å²) >= 11 is 0. The van der Waals surface area contributed by atoms with Crippen molar-refractivity contribution in [1.29, 1.82) is 0 Å².